The molecule has 0 spiro atoms. The number of nitriles is 1. The van der Waals surface area contributed by atoms with E-state index in [0.29, 0.717) is 31.6 Å². The number of carbonyl (C=O) groups is 2. The van der Waals surface area contributed by atoms with Gasteiger partial charge in [-0.3, -0.25) is 9.59 Å². The van der Waals surface area contributed by atoms with E-state index in [-0.39, 0.29) is 17.7 Å². The van der Waals surface area contributed by atoms with Crippen LogP contribution in [0, 0.1) is 17.2 Å². The summed E-state index contributed by atoms with van der Waals surface area (Å²) in [6, 6.07) is 9.37. The number of hydrogen-bond donors (Lipinski definition) is 0. The van der Waals surface area contributed by atoms with Gasteiger partial charge in [-0.25, -0.2) is 0 Å². The van der Waals surface area contributed by atoms with Crippen LogP contribution in [0.1, 0.15) is 17.5 Å². The number of benzene rings is 1. The van der Waals surface area contributed by atoms with Crippen LogP contribution in [0.2, 0.25) is 0 Å². The molecule has 1 heterocycles. The number of likely N-dealkylation sites (tertiary alicyclic amines) is 1. The van der Waals surface area contributed by atoms with Gasteiger partial charge in [0, 0.05) is 39.6 Å². The van der Waals surface area contributed by atoms with Crippen molar-refractivity contribution >= 4 is 11.8 Å². The molecule has 2 amide bonds. The fourth-order valence-electron chi connectivity index (χ4n) is 2.78. The lowest BCUT2D eigenvalue weighted by molar-refractivity contribution is -0.136. The van der Waals surface area contributed by atoms with Gasteiger partial charge >= 0.3 is 0 Å². The lowest BCUT2D eigenvalue weighted by Gasteiger charge is -2.27. The summed E-state index contributed by atoms with van der Waals surface area (Å²) in [7, 11) is 5.68. The number of nitrogens with zero attached hydrogens (tertiary/aromatic N) is 4. The summed E-state index contributed by atoms with van der Waals surface area (Å²) >= 11 is 0. The molecule has 6 heteroatoms. The Kier molecular flexibility index (Phi) is 5.93. The summed E-state index contributed by atoms with van der Waals surface area (Å²) in [6.07, 6.45) is 0.293. The second-order valence-corrected chi connectivity index (χ2v) is 6.55. The van der Waals surface area contributed by atoms with Crippen LogP contribution in [-0.4, -0.2) is 67.3 Å². The standard InChI is InChI=1S/C18H24N4O2/c1-20(2)8-9-22(12-15-6-4-14(11-19)5-7-15)18(24)16-10-17(23)21(3)13-16/h4-7,16H,8-10,12-13H2,1-3H3/t16-/m1/s1. The van der Waals surface area contributed by atoms with Crippen molar-refractivity contribution in [2.45, 2.75) is 13.0 Å². The molecule has 6 nitrogen and oxygen atoms in total. The van der Waals surface area contributed by atoms with Crippen molar-refractivity contribution in [3.05, 3.63) is 35.4 Å². The maximum atomic E-state index is 12.9. The first-order valence-corrected chi connectivity index (χ1v) is 8.07. The molecule has 2 rings (SSSR count). The maximum absolute atomic E-state index is 12.9. The summed E-state index contributed by atoms with van der Waals surface area (Å²) in [5.41, 5.74) is 1.59. The average Bonchev–Trinajstić information content (AvgIpc) is 2.90. The van der Waals surface area contributed by atoms with Gasteiger partial charge in [-0.1, -0.05) is 12.1 Å². The minimum Gasteiger partial charge on any atom is -0.345 e. The molecule has 1 aromatic carbocycles. The van der Waals surface area contributed by atoms with Gasteiger partial charge < -0.3 is 14.7 Å². The van der Waals surface area contributed by atoms with Crippen LogP contribution in [0.25, 0.3) is 0 Å². The minimum atomic E-state index is -0.261. The number of likely N-dealkylation sites (N-methyl/N-ethyl adjacent to an activating group) is 1. The van der Waals surface area contributed by atoms with Gasteiger partial charge in [-0.2, -0.15) is 5.26 Å². The molecule has 0 unspecified atom stereocenters. The van der Waals surface area contributed by atoms with Crippen molar-refractivity contribution in [3.63, 3.8) is 0 Å². The molecule has 1 saturated heterocycles. The van der Waals surface area contributed by atoms with Crippen LogP contribution in [0.3, 0.4) is 0 Å². The Morgan fingerprint density at radius 1 is 1.29 bits per heavy atom. The third-order valence-electron chi connectivity index (χ3n) is 4.28. The second kappa shape index (κ2) is 7.93. The fourth-order valence-corrected chi connectivity index (χ4v) is 2.78. The van der Waals surface area contributed by atoms with E-state index in [9.17, 15) is 9.59 Å². The van der Waals surface area contributed by atoms with E-state index in [2.05, 4.69) is 6.07 Å². The first-order chi connectivity index (χ1) is 11.4. The normalized spacial score (nSPS) is 17.2. The quantitative estimate of drug-likeness (QED) is 0.779. The van der Waals surface area contributed by atoms with Gasteiger partial charge in [-0.05, 0) is 31.8 Å². The van der Waals surface area contributed by atoms with Gasteiger partial charge in [0.15, 0.2) is 0 Å². The molecule has 1 aliphatic heterocycles. The molecule has 24 heavy (non-hydrogen) atoms. The third kappa shape index (κ3) is 4.56. The van der Waals surface area contributed by atoms with Crippen LogP contribution in [0.5, 0.6) is 0 Å². The van der Waals surface area contributed by atoms with Crippen LogP contribution in [0.15, 0.2) is 24.3 Å². The van der Waals surface area contributed by atoms with Crippen LogP contribution in [-0.2, 0) is 16.1 Å². The molecule has 1 fully saturated rings. The Bertz CT molecular complexity index is 633. The molecule has 0 bridgehead atoms. The Labute approximate surface area is 143 Å². The van der Waals surface area contributed by atoms with Gasteiger partial charge in [0.2, 0.25) is 11.8 Å². The Morgan fingerprint density at radius 2 is 1.96 bits per heavy atom. The van der Waals surface area contributed by atoms with Crippen molar-refractivity contribution in [1.82, 2.24) is 14.7 Å². The number of carbonyl (C=O) groups excluding carboxylic acids is 2. The number of hydrogen-bond acceptors (Lipinski definition) is 4. The zero-order chi connectivity index (χ0) is 17.7. The summed E-state index contributed by atoms with van der Waals surface area (Å²) < 4.78 is 0. The highest BCUT2D eigenvalue weighted by Crippen LogP contribution is 2.20. The summed E-state index contributed by atoms with van der Waals surface area (Å²) in [6.45, 7) is 2.36. The van der Waals surface area contributed by atoms with Crippen molar-refractivity contribution < 1.29 is 9.59 Å². The van der Waals surface area contributed by atoms with Crippen molar-refractivity contribution in [1.29, 1.82) is 5.26 Å². The van der Waals surface area contributed by atoms with Crippen molar-refractivity contribution in [2.75, 3.05) is 40.8 Å². The van der Waals surface area contributed by atoms with Crippen LogP contribution in [0.4, 0.5) is 0 Å². The molecule has 0 aliphatic carbocycles. The predicted octanol–water partition coefficient (Wildman–Crippen LogP) is 0.927. The lowest BCUT2D eigenvalue weighted by atomic mass is 10.1. The van der Waals surface area contributed by atoms with Gasteiger partial charge in [0.05, 0.1) is 17.6 Å². The SMILES string of the molecule is CN(C)CCN(Cc1ccc(C#N)cc1)C(=O)[C@@H]1CC(=O)N(C)C1. The Hall–Kier alpha value is -2.39. The van der Waals surface area contributed by atoms with E-state index in [0.717, 1.165) is 12.1 Å². The molecule has 0 aromatic heterocycles. The second-order valence-electron chi connectivity index (χ2n) is 6.55. The van der Waals surface area contributed by atoms with Crippen LogP contribution >= 0.6 is 0 Å². The van der Waals surface area contributed by atoms with E-state index in [4.69, 9.17) is 5.26 Å². The molecule has 1 atom stereocenters. The summed E-state index contributed by atoms with van der Waals surface area (Å²) in [5.74, 6) is -0.207. The van der Waals surface area contributed by atoms with Gasteiger partial charge in [-0.15, -0.1) is 0 Å². The zero-order valence-electron chi connectivity index (χ0n) is 14.5. The maximum Gasteiger partial charge on any atom is 0.228 e. The van der Waals surface area contributed by atoms with Gasteiger partial charge in [0.25, 0.3) is 0 Å². The first kappa shape index (κ1) is 18.0. The highest BCUT2D eigenvalue weighted by Gasteiger charge is 2.34. The fraction of sp³-hybridized carbons (Fsp3) is 0.500. The smallest absolute Gasteiger partial charge is 0.228 e. The molecule has 1 aromatic rings. The highest BCUT2D eigenvalue weighted by atomic mass is 16.2. The minimum absolute atomic E-state index is 0.0268. The monoisotopic (exact) mass is 328 g/mol. The van der Waals surface area contributed by atoms with Crippen molar-refractivity contribution in [2.24, 2.45) is 5.92 Å². The molecular formula is C18H24N4O2. The first-order valence-electron chi connectivity index (χ1n) is 8.07. The molecule has 0 radical (unpaired) electrons. The molecular weight excluding hydrogens is 304 g/mol. The third-order valence-corrected chi connectivity index (χ3v) is 4.28. The van der Waals surface area contributed by atoms with E-state index in [1.165, 1.54) is 0 Å². The molecule has 0 saturated carbocycles. The zero-order valence-corrected chi connectivity index (χ0v) is 14.5. The average molecular weight is 328 g/mol. The van der Waals surface area contributed by atoms with E-state index >= 15 is 0 Å². The molecule has 0 N–H and O–H groups in total. The summed E-state index contributed by atoms with van der Waals surface area (Å²) in [5, 5.41) is 8.88. The van der Waals surface area contributed by atoms with Crippen molar-refractivity contribution in [3.8, 4) is 6.07 Å². The van der Waals surface area contributed by atoms with Gasteiger partial charge in [0.1, 0.15) is 0 Å². The number of amides is 2. The Balaban J connectivity index is 2.09. The topological polar surface area (TPSA) is 67.6 Å². The Morgan fingerprint density at radius 3 is 2.46 bits per heavy atom. The van der Waals surface area contributed by atoms with E-state index in [1.54, 1.807) is 24.1 Å². The summed E-state index contributed by atoms with van der Waals surface area (Å²) in [4.78, 5) is 30.0. The molecule has 128 valence electrons. The van der Waals surface area contributed by atoms with Crippen LogP contribution < -0.4 is 0 Å². The van der Waals surface area contributed by atoms with E-state index in [1.807, 2.05) is 36.0 Å². The number of rotatable bonds is 6. The largest absolute Gasteiger partial charge is 0.345 e. The highest BCUT2D eigenvalue weighted by molar-refractivity contribution is 5.89. The lowest BCUT2D eigenvalue weighted by Crippen LogP contribution is -2.40. The predicted molar refractivity (Wildman–Crippen MR) is 90.9 cm³/mol. The van der Waals surface area contributed by atoms with E-state index < -0.39 is 0 Å². The molecule has 1 aliphatic rings.